The Kier molecular flexibility index (Phi) is 5.21. The van der Waals surface area contributed by atoms with Crippen LogP contribution in [0.2, 0.25) is 0 Å². The van der Waals surface area contributed by atoms with Gasteiger partial charge in [0.05, 0.1) is 13.7 Å². The van der Waals surface area contributed by atoms with E-state index in [2.05, 4.69) is 21.2 Å². The Balaban J connectivity index is 1.94. The average molecular weight is 367 g/mol. The van der Waals surface area contributed by atoms with E-state index in [1.807, 2.05) is 0 Å². The van der Waals surface area contributed by atoms with Gasteiger partial charge in [0, 0.05) is 18.8 Å². The number of nitrogens with one attached hydrogen (secondary N) is 1. The molecule has 0 atom stereocenters. The van der Waals surface area contributed by atoms with Gasteiger partial charge in [-0.05, 0) is 40.2 Å². The molecule has 2 rings (SSSR count). The Morgan fingerprint density at radius 2 is 2.09 bits per heavy atom. The van der Waals surface area contributed by atoms with Crippen LogP contribution in [0.4, 0.5) is 5.69 Å². The highest BCUT2D eigenvalue weighted by molar-refractivity contribution is 9.10. The molecule has 0 fully saturated rings. The third-order valence-electron chi connectivity index (χ3n) is 2.86. The summed E-state index contributed by atoms with van der Waals surface area (Å²) in [6.45, 7) is -0.0889. The number of nitrogens with zero attached hydrogens (tertiary/aromatic N) is 1. The van der Waals surface area contributed by atoms with Crippen molar-refractivity contribution in [3.8, 4) is 5.75 Å². The average Bonchev–Trinajstić information content (AvgIpc) is 2.93. The number of anilines is 1. The summed E-state index contributed by atoms with van der Waals surface area (Å²) in [5, 5.41) is 2.71. The predicted molar refractivity (Wildman–Crippen MR) is 85.0 cm³/mol. The van der Waals surface area contributed by atoms with Gasteiger partial charge in [-0.3, -0.25) is 9.59 Å². The van der Waals surface area contributed by atoms with E-state index in [1.54, 1.807) is 43.5 Å². The molecule has 0 saturated heterocycles. The molecule has 2 amide bonds. The predicted octanol–water partition coefficient (Wildman–Crippen LogP) is 2.76. The highest BCUT2D eigenvalue weighted by Crippen LogP contribution is 2.17. The molecule has 0 radical (unpaired) electrons. The van der Waals surface area contributed by atoms with E-state index in [9.17, 15) is 9.59 Å². The van der Waals surface area contributed by atoms with E-state index < -0.39 is 0 Å². The zero-order chi connectivity index (χ0) is 16.1. The molecule has 0 bridgehead atoms. The number of hydrogen-bond donors (Lipinski definition) is 1. The zero-order valence-corrected chi connectivity index (χ0v) is 13.7. The highest BCUT2D eigenvalue weighted by Gasteiger charge is 2.18. The fourth-order valence-electron chi connectivity index (χ4n) is 1.81. The van der Waals surface area contributed by atoms with Gasteiger partial charge in [-0.15, -0.1) is 0 Å². The number of rotatable bonds is 5. The lowest BCUT2D eigenvalue weighted by Gasteiger charge is -2.15. The van der Waals surface area contributed by atoms with E-state index in [1.165, 1.54) is 11.9 Å². The van der Waals surface area contributed by atoms with Crippen LogP contribution < -0.4 is 10.1 Å². The van der Waals surface area contributed by atoms with Crippen LogP contribution in [0.5, 0.6) is 5.75 Å². The van der Waals surface area contributed by atoms with Crippen LogP contribution in [-0.2, 0) is 4.79 Å². The SMILES string of the molecule is COc1cccc(NC(=O)CN(C)C(=O)c2ccc(Br)o2)c1. The van der Waals surface area contributed by atoms with Crippen molar-refractivity contribution in [3.63, 3.8) is 0 Å². The summed E-state index contributed by atoms with van der Waals surface area (Å²) in [7, 11) is 3.08. The van der Waals surface area contributed by atoms with Gasteiger partial charge in [-0.25, -0.2) is 0 Å². The van der Waals surface area contributed by atoms with Crippen LogP contribution in [0.25, 0.3) is 0 Å². The minimum absolute atomic E-state index is 0.0889. The molecule has 22 heavy (non-hydrogen) atoms. The van der Waals surface area contributed by atoms with Crippen molar-refractivity contribution in [1.29, 1.82) is 0 Å². The number of halogens is 1. The molecule has 0 unspecified atom stereocenters. The maximum absolute atomic E-state index is 12.1. The van der Waals surface area contributed by atoms with Crippen LogP contribution in [0.15, 0.2) is 45.5 Å². The van der Waals surface area contributed by atoms with Crippen molar-refractivity contribution in [2.75, 3.05) is 26.0 Å². The van der Waals surface area contributed by atoms with Crippen LogP contribution in [0, 0.1) is 0 Å². The second-order valence-electron chi connectivity index (χ2n) is 4.55. The van der Waals surface area contributed by atoms with Crippen LogP contribution in [0.3, 0.4) is 0 Å². The second kappa shape index (κ2) is 7.13. The van der Waals surface area contributed by atoms with Crippen molar-refractivity contribution >= 4 is 33.4 Å². The molecule has 116 valence electrons. The molecule has 6 nitrogen and oxygen atoms in total. The van der Waals surface area contributed by atoms with Gasteiger partial charge in [0.2, 0.25) is 5.91 Å². The van der Waals surface area contributed by atoms with Gasteiger partial charge in [0.1, 0.15) is 5.75 Å². The third-order valence-corrected chi connectivity index (χ3v) is 3.29. The number of hydrogen-bond acceptors (Lipinski definition) is 4. The normalized spacial score (nSPS) is 10.1. The summed E-state index contributed by atoms with van der Waals surface area (Å²) < 4.78 is 10.7. The lowest BCUT2D eigenvalue weighted by Crippen LogP contribution is -2.34. The number of amides is 2. The lowest BCUT2D eigenvalue weighted by molar-refractivity contribution is -0.116. The summed E-state index contributed by atoms with van der Waals surface area (Å²) in [4.78, 5) is 25.3. The zero-order valence-electron chi connectivity index (χ0n) is 12.1. The van der Waals surface area contributed by atoms with Crippen LogP contribution in [0.1, 0.15) is 10.6 Å². The van der Waals surface area contributed by atoms with Crippen LogP contribution >= 0.6 is 15.9 Å². The summed E-state index contributed by atoms with van der Waals surface area (Å²) in [6, 6.07) is 10.2. The van der Waals surface area contributed by atoms with Gasteiger partial charge >= 0.3 is 0 Å². The molecule has 0 spiro atoms. The molecule has 1 aromatic heterocycles. The second-order valence-corrected chi connectivity index (χ2v) is 5.33. The van der Waals surface area contributed by atoms with Crippen molar-refractivity contribution in [2.45, 2.75) is 0 Å². The maximum Gasteiger partial charge on any atom is 0.289 e. The minimum Gasteiger partial charge on any atom is -0.497 e. The number of carbonyl (C=O) groups is 2. The molecule has 0 aliphatic rings. The van der Waals surface area contributed by atoms with E-state index in [0.717, 1.165) is 0 Å². The standard InChI is InChI=1S/C15H15BrN2O4/c1-18(15(20)12-6-7-13(16)22-12)9-14(19)17-10-4-3-5-11(8-10)21-2/h3-8H,9H2,1-2H3,(H,17,19). The molecule has 2 aromatic rings. The van der Waals surface area contributed by atoms with Gasteiger partial charge < -0.3 is 19.4 Å². The summed E-state index contributed by atoms with van der Waals surface area (Å²) in [6.07, 6.45) is 0. The van der Waals surface area contributed by atoms with E-state index >= 15 is 0 Å². The Bertz CT molecular complexity index is 684. The molecule has 1 N–H and O–H groups in total. The molecule has 0 saturated carbocycles. The summed E-state index contributed by atoms with van der Waals surface area (Å²) >= 11 is 3.13. The molecule has 1 heterocycles. The largest absolute Gasteiger partial charge is 0.497 e. The van der Waals surface area contributed by atoms with Crippen molar-refractivity contribution in [3.05, 3.63) is 46.8 Å². The topological polar surface area (TPSA) is 71.8 Å². The highest BCUT2D eigenvalue weighted by atomic mass is 79.9. The monoisotopic (exact) mass is 366 g/mol. The summed E-state index contributed by atoms with van der Waals surface area (Å²) in [5.74, 6) is 0.132. The van der Waals surface area contributed by atoms with E-state index in [0.29, 0.717) is 16.1 Å². The first-order valence-corrected chi connectivity index (χ1v) is 7.23. The number of ether oxygens (including phenoxy) is 1. The smallest absolute Gasteiger partial charge is 0.289 e. The number of furan rings is 1. The van der Waals surface area contributed by atoms with Crippen LogP contribution in [-0.4, -0.2) is 37.4 Å². The number of benzene rings is 1. The van der Waals surface area contributed by atoms with Gasteiger partial charge in [0.25, 0.3) is 5.91 Å². The lowest BCUT2D eigenvalue weighted by atomic mass is 10.3. The third kappa shape index (κ3) is 4.11. The first kappa shape index (κ1) is 16.1. The first-order chi connectivity index (χ1) is 10.5. The van der Waals surface area contributed by atoms with Gasteiger partial charge in [0.15, 0.2) is 10.4 Å². The molecule has 1 aromatic carbocycles. The quantitative estimate of drug-likeness (QED) is 0.882. The molecular formula is C15H15BrN2O4. The van der Waals surface area contributed by atoms with Gasteiger partial charge in [-0.1, -0.05) is 6.07 Å². The van der Waals surface area contributed by atoms with Crippen molar-refractivity contribution in [2.24, 2.45) is 0 Å². The Labute approximate surface area is 136 Å². The molecule has 0 aliphatic carbocycles. The van der Waals surface area contributed by atoms with Gasteiger partial charge in [-0.2, -0.15) is 0 Å². The van der Waals surface area contributed by atoms with Crippen molar-refractivity contribution in [1.82, 2.24) is 4.90 Å². The first-order valence-electron chi connectivity index (χ1n) is 6.44. The fourth-order valence-corrected chi connectivity index (χ4v) is 2.11. The number of carbonyl (C=O) groups excluding carboxylic acids is 2. The van der Waals surface area contributed by atoms with Crippen molar-refractivity contribution < 1.29 is 18.7 Å². The summed E-state index contributed by atoms with van der Waals surface area (Å²) in [5.41, 5.74) is 0.603. The van der Waals surface area contributed by atoms with E-state index in [-0.39, 0.29) is 24.1 Å². The maximum atomic E-state index is 12.1. The number of likely N-dealkylation sites (N-methyl/N-ethyl adjacent to an activating group) is 1. The van der Waals surface area contributed by atoms with E-state index in [4.69, 9.17) is 9.15 Å². The molecule has 7 heteroatoms. The Morgan fingerprint density at radius 3 is 2.73 bits per heavy atom. The Morgan fingerprint density at radius 1 is 1.32 bits per heavy atom. The Hall–Kier alpha value is -2.28. The minimum atomic E-state index is -0.369. The molecule has 0 aliphatic heterocycles. The fraction of sp³-hybridized carbons (Fsp3) is 0.200. The molecular weight excluding hydrogens is 352 g/mol. The number of methoxy groups -OCH3 is 1.